The predicted octanol–water partition coefficient (Wildman–Crippen LogP) is 0.895. The fourth-order valence-electron chi connectivity index (χ4n) is 1.56. The fraction of sp³-hybridized carbons (Fsp3) is 0.889. The molecule has 1 saturated heterocycles. The lowest BCUT2D eigenvalue weighted by atomic mass is 9.94. The van der Waals surface area contributed by atoms with E-state index >= 15 is 0 Å². The quantitative estimate of drug-likeness (QED) is 0.641. The third-order valence-electron chi connectivity index (χ3n) is 2.40. The third kappa shape index (κ3) is 2.05. The van der Waals surface area contributed by atoms with Gasteiger partial charge in [-0.3, -0.25) is 0 Å². The van der Waals surface area contributed by atoms with Gasteiger partial charge in [0.25, 0.3) is 0 Å². The largest absolute Gasteiger partial charge is 0.393 e. The van der Waals surface area contributed by atoms with Crippen LogP contribution in [0.3, 0.4) is 0 Å². The molecule has 0 aliphatic carbocycles. The van der Waals surface area contributed by atoms with Crippen LogP contribution in [0.15, 0.2) is 0 Å². The second-order valence-corrected chi connectivity index (χ2v) is 3.40. The van der Waals surface area contributed by atoms with Crippen LogP contribution in [0.5, 0.6) is 0 Å². The van der Waals surface area contributed by atoms with Gasteiger partial charge in [0.2, 0.25) is 0 Å². The van der Waals surface area contributed by atoms with Crippen molar-refractivity contribution in [3.8, 4) is 0 Å². The fourth-order valence-corrected chi connectivity index (χ4v) is 1.56. The van der Waals surface area contributed by atoms with Gasteiger partial charge >= 0.3 is 0 Å². The number of rotatable bonds is 4. The topological polar surface area (TPSA) is 46.5 Å². The Bertz CT molecular complexity index is 150. The van der Waals surface area contributed by atoms with Gasteiger partial charge in [-0.25, -0.2) is 0 Å². The first-order valence-corrected chi connectivity index (χ1v) is 4.51. The summed E-state index contributed by atoms with van der Waals surface area (Å²) in [5, 5.41) is 9.38. The van der Waals surface area contributed by atoms with Crippen LogP contribution in [0, 0.1) is 0 Å². The molecule has 0 saturated carbocycles. The minimum atomic E-state index is -0.671. The van der Waals surface area contributed by atoms with Crippen molar-refractivity contribution in [1.82, 2.24) is 0 Å². The van der Waals surface area contributed by atoms with Crippen molar-refractivity contribution < 1.29 is 14.6 Å². The maximum Gasteiger partial charge on any atom is 0.151 e. The van der Waals surface area contributed by atoms with Crippen molar-refractivity contribution >= 4 is 6.29 Å². The van der Waals surface area contributed by atoms with Crippen LogP contribution in [-0.2, 0) is 9.53 Å². The Morgan fingerprint density at radius 2 is 2.50 bits per heavy atom. The van der Waals surface area contributed by atoms with Crippen LogP contribution in [-0.4, -0.2) is 29.7 Å². The summed E-state index contributed by atoms with van der Waals surface area (Å²) < 4.78 is 5.33. The molecule has 12 heavy (non-hydrogen) atoms. The number of aliphatic hydroxyl groups is 1. The van der Waals surface area contributed by atoms with Crippen molar-refractivity contribution in [2.24, 2.45) is 0 Å². The zero-order valence-electron chi connectivity index (χ0n) is 7.45. The maximum atomic E-state index is 10.7. The molecule has 0 radical (unpaired) electrons. The average molecular weight is 172 g/mol. The van der Waals surface area contributed by atoms with Gasteiger partial charge in [0.05, 0.1) is 6.10 Å². The van der Waals surface area contributed by atoms with E-state index < -0.39 is 11.7 Å². The molecule has 1 N–H and O–H groups in total. The van der Waals surface area contributed by atoms with E-state index in [0.29, 0.717) is 19.4 Å². The van der Waals surface area contributed by atoms with E-state index in [1.807, 2.05) is 6.92 Å². The Morgan fingerprint density at radius 1 is 1.75 bits per heavy atom. The second-order valence-electron chi connectivity index (χ2n) is 3.40. The Morgan fingerprint density at radius 3 is 2.92 bits per heavy atom. The van der Waals surface area contributed by atoms with Crippen molar-refractivity contribution in [1.29, 1.82) is 0 Å². The molecule has 1 aliphatic heterocycles. The molecule has 2 atom stereocenters. The third-order valence-corrected chi connectivity index (χ3v) is 2.40. The summed E-state index contributed by atoms with van der Waals surface area (Å²) in [5.41, 5.74) is -0.671. The standard InChI is InChI=1S/C9H16O3/c1-2-8(11)6-9(7-10)4-3-5-12-9/h7-8,11H,2-6H2,1H3. The highest BCUT2D eigenvalue weighted by Crippen LogP contribution is 2.28. The summed E-state index contributed by atoms with van der Waals surface area (Å²) in [6, 6.07) is 0. The summed E-state index contributed by atoms with van der Waals surface area (Å²) in [6.45, 7) is 2.55. The first-order chi connectivity index (χ1) is 5.72. The van der Waals surface area contributed by atoms with Gasteiger partial charge in [-0.1, -0.05) is 6.92 Å². The van der Waals surface area contributed by atoms with Crippen molar-refractivity contribution in [2.75, 3.05) is 6.61 Å². The van der Waals surface area contributed by atoms with E-state index in [0.717, 1.165) is 19.1 Å². The molecule has 1 heterocycles. The van der Waals surface area contributed by atoms with Gasteiger partial charge in [0, 0.05) is 13.0 Å². The Labute approximate surface area is 72.7 Å². The van der Waals surface area contributed by atoms with Crippen LogP contribution in [0.2, 0.25) is 0 Å². The minimum Gasteiger partial charge on any atom is -0.393 e. The highest BCUT2D eigenvalue weighted by atomic mass is 16.5. The van der Waals surface area contributed by atoms with Crippen molar-refractivity contribution in [3.63, 3.8) is 0 Å². The lowest BCUT2D eigenvalue weighted by molar-refractivity contribution is -0.129. The molecule has 0 amide bonds. The molecule has 0 spiro atoms. The molecule has 1 fully saturated rings. The average Bonchev–Trinajstić information content (AvgIpc) is 2.54. The van der Waals surface area contributed by atoms with Gasteiger partial charge in [0.1, 0.15) is 5.60 Å². The molecular formula is C9H16O3. The van der Waals surface area contributed by atoms with Crippen LogP contribution >= 0.6 is 0 Å². The number of aldehydes is 1. The summed E-state index contributed by atoms with van der Waals surface area (Å²) in [6.07, 6.45) is 3.25. The van der Waals surface area contributed by atoms with Gasteiger partial charge in [-0.15, -0.1) is 0 Å². The lowest BCUT2D eigenvalue weighted by Crippen LogP contribution is -2.34. The lowest BCUT2D eigenvalue weighted by Gasteiger charge is -2.23. The first-order valence-electron chi connectivity index (χ1n) is 4.51. The van der Waals surface area contributed by atoms with E-state index in [1.54, 1.807) is 0 Å². The number of ether oxygens (including phenoxy) is 1. The maximum absolute atomic E-state index is 10.7. The van der Waals surface area contributed by atoms with E-state index in [-0.39, 0.29) is 0 Å². The monoisotopic (exact) mass is 172 g/mol. The van der Waals surface area contributed by atoms with E-state index in [9.17, 15) is 9.90 Å². The second kappa shape index (κ2) is 4.01. The SMILES string of the molecule is CCC(O)CC1(C=O)CCCO1. The first kappa shape index (κ1) is 9.68. The summed E-state index contributed by atoms with van der Waals surface area (Å²) in [4.78, 5) is 10.7. The molecule has 0 aromatic carbocycles. The molecule has 3 heteroatoms. The van der Waals surface area contributed by atoms with Crippen molar-refractivity contribution in [2.45, 2.75) is 44.3 Å². The molecule has 1 aliphatic rings. The summed E-state index contributed by atoms with van der Waals surface area (Å²) >= 11 is 0. The van der Waals surface area contributed by atoms with E-state index in [1.165, 1.54) is 0 Å². The van der Waals surface area contributed by atoms with Crippen LogP contribution in [0.1, 0.15) is 32.6 Å². The molecule has 0 bridgehead atoms. The molecule has 70 valence electrons. The molecule has 0 aromatic rings. The number of hydrogen-bond acceptors (Lipinski definition) is 3. The van der Waals surface area contributed by atoms with Crippen LogP contribution < -0.4 is 0 Å². The normalized spacial score (nSPS) is 31.8. The number of carbonyl (C=O) groups is 1. The zero-order valence-corrected chi connectivity index (χ0v) is 7.45. The van der Waals surface area contributed by atoms with Crippen molar-refractivity contribution in [3.05, 3.63) is 0 Å². The smallest absolute Gasteiger partial charge is 0.151 e. The van der Waals surface area contributed by atoms with E-state index in [2.05, 4.69) is 0 Å². The highest BCUT2D eigenvalue weighted by molar-refractivity contribution is 5.63. The Kier molecular flexibility index (Phi) is 3.23. The summed E-state index contributed by atoms with van der Waals surface area (Å²) in [5.74, 6) is 0. The molecule has 1 rings (SSSR count). The van der Waals surface area contributed by atoms with Gasteiger partial charge in [-0.05, 0) is 19.3 Å². The Hall–Kier alpha value is -0.410. The molecular weight excluding hydrogens is 156 g/mol. The van der Waals surface area contributed by atoms with Gasteiger partial charge in [0.15, 0.2) is 6.29 Å². The van der Waals surface area contributed by atoms with E-state index in [4.69, 9.17) is 4.74 Å². The molecule has 0 aromatic heterocycles. The molecule has 2 unspecified atom stereocenters. The highest BCUT2D eigenvalue weighted by Gasteiger charge is 2.36. The molecule has 3 nitrogen and oxygen atoms in total. The van der Waals surface area contributed by atoms with Gasteiger partial charge < -0.3 is 14.6 Å². The predicted molar refractivity (Wildman–Crippen MR) is 44.9 cm³/mol. The number of carbonyl (C=O) groups excluding carboxylic acids is 1. The van der Waals surface area contributed by atoms with Crippen LogP contribution in [0.4, 0.5) is 0 Å². The Balaban J connectivity index is 2.49. The minimum absolute atomic E-state index is 0.409. The zero-order chi connectivity index (χ0) is 9.03. The summed E-state index contributed by atoms with van der Waals surface area (Å²) in [7, 11) is 0. The van der Waals surface area contributed by atoms with Gasteiger partial charge in [-0.2, -0.15) is 0 Å². The van der Waals surface area contributed by atoms with Crippen LogP contribution in [0.25, 0.3) is 0 Å². The number of aliphatic hydroxyl groups excluding tert-OH is 1. The number of hydrogen-bond donors (Lipinski definition) is 1.